The number of hydrazone groups is 1. The van der Waals surface area contributed by atoms with E-state index in [0.29, 0.717) is 6.54 Å². The lowest BCUT2D eigenvalue weighted by atomic mass is 10.1. The van der Waals surface area contributed by atoms with Crippen LogP contribution in [0.1, 0.15) is 24.0 Å². The maximum Gasteiger partial charge on any atom is 0.243 e. The van der Waals surface area contributed by atoms with Gasteiger partial charge in [0.1, 0.15) is 5.69 Å². The van der Waals surface area contributed by atoms with Crippen molar-refractivity contribution in [3.05, 3.63) is 78.0 Å². The predicted octanol–water partition coefficient (Wildman–Crippen LogP) is 3.46. The van der Waals surface area contributed by atoms with Crippen LogP contribution in [0.2, 0.25) is 0 Å². The van der Waals surface area contributed by atoms with Gasteiger partial charge in [-0.3, -0.25) is 9.48 Å². The lowest BCUT2D eigenvalue weighted by Crippen LogP contribution is -2.18. The first-order valence-corrected chi connectivity index (χ1v) is 8.79. The molecule has 1 fully saturated rings. The molecule has 0 unspecified atom stereocenters. The minimum Gasteiger partial charge on any atom is -0.273 e. The van der Waals surface area contributed by atoms with E-state index in [1.807, 2.05) is 59.4 Å². The Morgan fingerprint density at radius 1 is 1.12 bits per heavy atom. The number of hydrogen-bond donors (Lipinski definition) is 1. The van der Waals surface area contributed by atoms with E-state index < -0.39 is 0 Å². The van der Waals surface area contributed by atoms with Crippen molar-refractivity contribution in [3.63, 3.8) is 0 Å². The molecular weight excluding hydrogens is 324 g/mol. The molecule has 5 heteroatoms. The number of hydrogen-bond acceptors (Lipinski definition) is 3. The van der Waals surface area contributed by atoms with Crippen LogP contribution in [0.25, 0.3) is 11.3 Å². The number of carbonyl (C=O) groups excluding carboxylic acids is 1. The van der Waals surface area contributed by atoms with Gasteiger partial charge in [0.2, 0.25) is 5.91 Å². The Labute approximate surface area is 152 Å². The summed E-state index contributed by atoms with van der Waals surface area (Å²) in [6, 6.07) is 20.2. The molecule has 1 aliphatic carbocycles. The van der Waals surface area contributed by atoms with Gasteiger partial charge >= 0.3 is 0 Å². The molecule has 1 heterocycles. The van der Waals surface area contributed by atoms with E-state index in [-0.39, 0.29) is 11.8 Å². The first-order valence-electron chi connectivity index (χ1n) is 8.79. The van der Waals surface area contributed by atoms with Crippen molar-refractivity contribution >= 4 is 12.1 Å². The first kappa shape index (κ1) is 16.3. The summed E-state index contributed by atoms with van der Waals surface area (Å²) in [6.45, 7) is 0.683. The van der Waals surface area contributed by atoms with Crippen LogP contribution in [0, 0.1) is 5.92 Å². The van der Waals surface area contributed by atoms with E-state index in [1.165, 1.54) is 5.56 Å². The van der Waals surface area contributed by atoms with E-state index in [2.05, 4.69) is 22.7 Å². The highest BCUT2D eigenvalue weighted by atomic mass is 16.2. The van der Waals surface area contributed by atoms with Gasteiger partial charge in [-0.1, -0.05) is 60.7 Å². The second kappa shape index (κ2) is 7.35. The normalized spacial score (nSPS) is 13.8. The standard InChI is InChI=1S/C21H20N4O/c26-21(18-11-12-18)23-22-13-19-15-25(14-16-7-3-1-4-8-16)24-20(19)17-9-5-2-6-10-17/h1-10,13,15,18H,11-12,14H2,(H,23,26)/b22-13-. The number of aromatic nitrogens is 2. The molecule has 4 rings (SSSR count). The SMILES string of the molecule is O=C(N/N=C\c1cn(Cc2ccccc2)nc1-c1ccccc1)C1CC1. The summed E-state index contributed by atoms with van der Waals surface area (Å²) < 4.78 is 1.90. The van der Waals surface area contributed by atoms with Crippen molar-refractivity contribution in [3.8, 4) is 11.3 Å². The zero-order valence-electron chi connectivity index (χ0n) is 14.4. The summed E-state index contributed by atoms with van der Waals surface area (Å²) in [4.78, 5) is 11.8. The molecule has 1 N–H and O–H groups in total. The van der Waals surface area contributed by atoms with Crippen molar-refractivity contribution in [1.82, 2.24) is 15.2 Å². The Morgan fingerprint density at radius 3 is 2.50 bits per heavy atom. The molecule has 130 valence electrons. The summed E-state index contributed by atoms with van der Waals surface area (Å²) in [5, 5.41) is 8.87. The Kier molecular flexibility index (Phi) is 4.60. The molecular formula is C21H20N4O. The molecule has 0 spiro atoms. The van der Waals surface area contributed by atoms with Gasteiger partial charge in [0, 0.05) is 23.2 Å². The molecule has 0 atom stereocenters. The monoisotopic (exact) mass is 344 g/mol. The highest BCUT2D eigenvalue weighted by molar-refractivity contribution is 5.89. The predicted molar refractivity (Wildman–Crippen MR) is 102 cm³/mol. The van der Waals surface area contributed by atoms with E-state index in [0.717, 1.165) is 29.7 Å². The van der Waals surface area contributed by atoms with Crippen molar-refractivity contribution in [1.29, 1.82) is 0 Å². The summed E-state index contributed by atoms with van der Waals surface area (Å²) in [5.74, 6) is 0.140. The topological polar surface area (TPSA) is 59.3 Å². The van der Waals surface area contributed by atoms with E-state index in [4.69, 9.17) is 5.10 Å². The lowest BCUT2D eigenvalue weighted by Gasteiger charge is -2.01. The summed E-state index contributed by atoms with van der Waals surface area (Å²) in [6.07, 6.45) is 5.57. The summed E-state index contributed by atoms with van der Waals surface area (Å²) in [7, 11) is 0. The van der Waals surface area contributed by atoms with Crippen LogP contribution < -0.4 is 5.43 Å². The zero-order valence-corrected chi connectivity index (χ0v) is 14.4. The lowest BCUT2D eigenvalue weighted by molar-refractivity contribution is -0.122. The van der Waals surface area contributed by atoms with Gasteiger partial charge in [0.15, 0.2) is 0 Å². The molecule has 1 amide bonds. The average molecular weight is 344 g/mol. The van der Waals surface area contributed by atoms with Crippen molar-refractivity contribution in [2.45, 2.75) is 19.4 Å². The van der Waals surface area contributed by atoms with Crippen LogP contribution >= 0.6 is 0 Å². The Bertz CT molecular complexity index is 912. The zero-order chi connectivity index (χ0) is 17.8. The van der Waals surface area contributed by atoms with Crippen molar-refractivity contribution in [2.75, 3.05) is 0 Å². The maximum absolute atomic E-state index is 11.8. The molecule has 1 aliphatic rings. The third-order valence-corrected chi connectivity index (χ3v) is 4.35. The summed E-state index contributed by atoms with van der Waals surface area (Å²) >= 11 is 0. The molecule has 1 aromatic heterocycles. The van der Waals surface area contributed by atoms with Gasteiger partial charge < -0.3 is 0 Å². The Hall–Kier alpha value is -3.21. The number of nitrogens with one attached hydrogen (secondary N) is 1. The molecule has 0 saturated heterocycles. The van der Waals surface area contributed by atoms with Gasteiger partial charge in [-0.15, -0.1) is 0 Å². The van der Waals surface area contributed by atoms with Gasteiger partial charge in [0.25, 0.3) is 0 Å². The minimum absolute atomic E-state index is 0.000751. The fraction of sp³-hybridized carbons (Fsp3) is 0.190. The van der Waals surface area contributed by atoms with E-state index in [9.17, 15) is 4.79 Å². The Morgan fingerprint density at radius 2 is 1.81 bits per heavy atom. The second-order valence-corrected chi connectivity index (χ2v) is 6.49. The Balaban J connectivity index is 1.59. The van der Waals surface area contributed by atoms with Crippen LogP contribution in [0.4, 0.5) is 0 Å². The fourth-order valence-electron chi connectivity index (χ4n) is 2.81. The van der Waals surface area contributed by atoms with E-state index >= 15 is 0 Å². The second-order valence-electron chi connectivity index (χ2n) is 6.49. The highest BCUT2D eigenvalue weighted by Gasteiger charge is 2.29. The molecule has 5 nitrogen and oxygen atoms in total. The highest BCUT2D eigenvalue weighted by Crippen LogP contribution is 2.28. The molecule has 0 radical (unpaired) electrons. The van der Waals surface area contributed by atoms with Crippen molar-refractivity contribution < 1.29 is 4.79 Å². The molecule has 0 aliphatic heterocycles. The smallest absolute Gasteiger partial charge is 0.243 e. The van der Waals surface area contributed by atoms with Gasteiger partial charge in [0.05, 0.1) is 12.8 Å². The first-order chi connectivity index (χ1) is 12.8. The van der Waals surface area contributed by atoms with Crippen LogP contribution in [-0.4, -0.2) is 21.9 Å². The van der Waals surface area contributed by atoms with E-state index in [1.54, 1.807) is 6.21 Å². The molecule has 1 saturated carbocycles. The minimum atomic E-state index is -0.000751. The fourth-order valence-corrected chi connectivity index (χ4v) is 2.81. The van der Waals surface area contributed by atoms with Crippen LogP contribution in [0.15, 0.2) is 72.0 Å². The van der Waals surface area contributed by atoms with Crippen LogP contribution in [0.3, 0.4) is 0 Å². The van der Waals surface area contributed by atoms with Crippen molar-refractivity contribution in [2.24, 2.45) is 11.0 Å². The maximum atomic E-state index is 11.8. The number of amides is 1. The number of rotatable bonds is 6. The third kappa shape index (κ3) is 3.88. The summed E-state index contributed by atoms with van der Waals surface area (Å²) in [5.41, 5.74) is 6.56. The average Bonchev–Trinajstić information content (AvgIpc) is 3.46. The van der Waals surface area contributed by atoms with Gasteiger partial charge in [-0.2, -0.15) is 10.2 Å². The number of benzene rings is 2. The third-order valence-electron chi connectivity index (χ3n) is 4.35. The molecule has 2 aromatic carbocycles. The molecule has 3 aromatic rings. The van der Waals surface area contributed by atoms with Gasteiger partial charge in [-0.25, -0.2) is 5.43 Å². The number of nitrogens with zero attached hydrogens (tertiary/aromatic N) is 3. The van der Waals surface area contributed by atoms with Gasteiger partial charge in [-0.05, 0) is 18.4 Å². The van der Waals surface area contributed by atoms with Crippen LogP contribution in [0.5, 0.6) is 0 Å². The molecule has 0 bridgehead atoms. The molecule has 26 heavy (non-hydrogen) atoms. The largest absolute Gasteiger partial charge is 0.273 e. The number of carbonyl (C=O) groups is 1. The quantitative estimate of drug-likeness (QED) is 0.550. The van der Waals surface area contributed by atoms with Crippen LogP contribution in [-0.2, 0) is 11.3 Å².